The van der Waals surface area contributed by atoms with Crippen LogP contribution < -0.4 is 5.32 Å². The van der Waals surface area contributed by atoms with Crippen molar-refractivity contribution in [2.45, 2.75) is 32.2 Å². The van der Waals surface area contributed by atoms with E-state index in [0.717, 1.165) is 31.5 Å². The Morgan fingerprint density at radius 3 is 2.56 bits per heavy atom. The van der Waals surface area contributed by atoms with Crippen molar-refractivity contribution in [1.29, 1.82) is 0 Å². The number of pyridine rings is 1. The molecule has 0 radical (unpaired) electrons. The van der Waals surface area contributed by atoms with Gasteiger partial charge in [0.15, 0.2) is 0 Å². The van der Waals surface area contributed by atoms with Gasteiger partial charge in [-0.3, -0.25) is 4.79 Å². The molecular weight excluding hydrogens is 357 g/mol. The summed E-state index contributed by atoms with van der Waals surface area (Å²) in [5.41, 5.74) is 1.50. The third-order valence-electron chi connectivity index (χ3n) is 4.46. The van der Waals surface area contributed by atoms with Crippen molar-refractivity contribution in [2.24, 2.45) is 0 Å². The number of nitrogens with one attached hydrogen (secondary N) is 1. The van der Waals surface area contributed by atoms with Crippen LogP contribution in [0.15, 0.2) is 36.5 Å². The van der Waals surface area contributed by atoms with Gasteiger partial charge in [-0.25, -0.2) is 4.98 Å². The van der Waals surface area contributed by atoms with Gasteiger partial charge in [-0.1, -0.05) is 41.4 Å². The third kappa shape index (κ3) is 4.25. The summed E-state index contributed by atoms with van der Waals surface area (Å²) >= 11 is 12.6. The van der Waals surface area contributed by atoms with E-state index in [2.05, 4.69) is 10.3 Å². The summed E-state index contributed by atoms with van der Waals surface area (Å²) in [6, 6.07) is 9.28. The van der Waals surface area contributed by atoms with Crippen LogP contribution in [0.4, 0.5) is 5.82 Å². The number of carbonyl (C=O) groups is 1. The van der Waals surface area contributed by atoms with Crippen LogP contribution in [0.25, 0.3) is 0 Å². The largest absolute Gasteiger partial charge is 0.362 e. The Kier molecular flexibility index (Phi) is 5.82. The Balaban J connectivity index is 1.73. The molecule has 4 nitrogen and oxygen atoms in total. The fourth-order valence-electron chi connectivity index (χ4n) is 3.05. The summed E-state index contributed by atoms with van der Waals surface area (Å²) in [4.78, 5) is 18.8. The minimum atomic E-state index is -0.0534. The van der Waals surface area contributed by atoms with Crippen molar-refractivity contribution in [3.63, 3.8) is 0 Å². The van der Waals surface area contributed by atoms with E-state index in [0.29, 0.717) is 21.4 Å². The fourth-order valence-corrected chi connectivity index (χ4v) is 3.57. The molecule has 1 aliphatic rings. The summed E-state index contributed by atoms with van der Waals surface area (Å²) < 4.78 is 0. The number of benzene rings is 1. The summed E-state index contributed by atoms with van der Waals surface area (Å²) in [5.74, 6) is 0.545. The summed E-state index contributed by atoms with van der Waals surface area (Å²) in [7, 11) is 0. The average Bonchev–Trinajstić information content (AvgIpc) is 2.63. The van der Waals surface area contributed by atoms with Crippen LogP contribution in [0, 0.1) is 0 Å². The number of nitrogens with zero attached hydrogens (tertiary/aromatic N) is 2. The first-order chi connectivity index (χ1) is 12.1. The zero-order valence-corrected chi connectivity index (χ0v) is 15.6. The molecule has 2 heterocycles. The molecule has 1 aliphatic heterocycles. The predicted molar refractivity (Wildman–Crippen MR) is 102 cm³/mol. The third-order valence-corrected chi connectivity index (χ3v) is 5.09. The van der Waals surface area contributed by atoms with Gasteiger partial charge in [-0.05, 0) is 43.9 Å². The van der Waals surface area contributed by atoms with Crippen LogP contribution in [0.1, 0.15) is 48.1 Å². The highest BCUT2D eigenvalue weighted by atomic mass is 35.5. The van der Waals surface area contributed by atoms with Crippen molar-refractivity contribution in [3.05, 3.63) is 57.7 Å². The number of carbonyl (C=O) groups excluding carboxylic acids is 1. The topological polar surface area (TPSA) is 45.2 Å². The molecule has 1 N–H and O–H groups in total. The number of aromatic nitrogens is 1. The van der Waals surface area contributed by atoms with E-state index < -0.39 is 0 Å². The maximum absolute atomic E-state index is 12.5. The Morgan fingerprint density at radius 1 is 1.16 bits per heavy atom. The molecule has 1 aromatic heterocycles. The molecule has 1 atom stereocenters. The number of rotatable bonds is 4. The van der Waals surface area contributed by atoms with E-state index in [1.54, 1.807) is 12.3 Å². The van der Waals surface area contributed by atoms with E-state index >= 15 is 0 Å². The Hall–Kier alpha value is -1.78. The highest BCUT2D eigenvalue weighted by Gasteiger charge is 2.20. The molecule has 6 heteroatoms. The number of likely N-dealkylation sites (tertiary alicyclic amines) is 1. The van der Waals surface area contributed by atoms with Gasteiger partial charge in [0.05, 0.1) is 16.6 Å². The number of amides is 1. The van der Waals surface area contributed by atoms with Crippen molar-refractivity contribution in [3.8, 4) is 0 Å². The van der Waals surface area contributed by atoms with Gasteiger partial charge in [0.2, 0.25) is 0 Å². The minimum absolute atomic E-state index is 0.000183. The highest BCUT2D eigenvalue weighted by Crippen LogP contribution is 2.28. The zero-order chi connectivity index (χ0) is 17.8. The quantitative estimate of drug-likeness (QED) is 0.797. The second-order valence-electron chi connectivity index (χ2n) is 6.29. The minimum Gasteiger partial charge on any atom is -0.362 e. The number of anilines is 1. The lowest BCUT2D eigenvalue weighted by Crippen LogP contribution is -2.35. The van der Waals surface area contributed by atoms with Crippen LogP contribution in [0.5, 0.6) is 0 Å². The maximum Gasteiger partial charge on any atom is 0.255 e. The number of hydrogen-bond acceptors (Lipinski definition) is 3. The maximum atomic E-state index is 12.5. The summed E-state index contributed by atoms with van der Waals surface area (Å²) in [6.45, 7) is 3.60. The molecule has 1 saturated heterocycles. The molecule has 0 spiro atoms. The van der Waals surface area contributed by atoms with Crippen molar-refractivity contribution >= 4 is 34.9 Å². The van der Waals surface area contributed by atoms with Crippen LogP contribution >= 0.6 is 23.2 Å². The molecule has 25 heavy (non-hydrogen) atoms. The molecule has 0 aliphatic carbocycles. The van der Waals surface area contributed by atoms with Crippen LogP contribution in [-0.4, -0.2) is 28.9 Å². The molecule has 0 saturated carbocycles. The van der Waals surface area contributed by atoms with Gasteiger partial charge in [-0.2, -0.15) is 0 Å². The molecule has 0 bridgehead atoms. The number of halogens is 2. The first kappa shape index (κ1) is 18.0. The summed E-state index contributed by atoms with van der Waals surface area (Å²) in [6.07, 6.45) is 4.89. The normalized spacial score (nSPS) is 15.7. The van der Waals surface area contributed by atoms with Gasteiger partial charge in [0, 0.05) is 24.3 Å². The van der Waals surface area contributed by atoms with E-state index in [4.69, 9.17) is 23.2 Å². The van der Waals surface area contributed by atoms with Crippen LogP contribution in [-0.2, 0) is 0 Å². The van der Waals surface area contributed by atoms with Gasteiger partial charge in [0.25, 0.3) is 5.91 Å². The van der Waals surface area contributed by atoms with Crippen molar-refractivity contribution in [1.82, 2.24) is 9.88 Å². The van der Waals surface area contributed by atoms with E-state index in [1.807, 2.05) is 36.1 Å². The molecular formula is C19H21Cl2N3O. The van der Waals surface area contributed by atoms with Crippen LogP contribution in [0.3, 0.4) is 0 Å². The van der Waals surface area contributed by atoms with Gasteiger partial charge >= 0.3 is 0 Å². The smallest absolute Gasteiger partial charge is 0.255 e. The van der Waals surface area contributed by atoms with E-state index in [-0.39, 0.29) is 11.9 Å². The highest BCUT2D eigenvalue weighted by molar-refractivity contribution is 6.33. The lowest BCUT2D eigenvalue weighted by Gasteiger charge is -2.26. The monoisotopic (exact) mass is 377 g/mol. The molecule has 1 amide bonds. The van der Waals surface area contributed by atoms with E-state index in [9.17, 15) is 4.79 Å². The predicted octanol–water partition coefficient (Wildman–Crippen LogP) is 5.19. The van der Waals surface area contributed by atoms with Gasteiger partial charge in [0.1, 0.15) is 5.82 Å². The van der Waals surface area contributed by atoms with Crippen LogP contribution in [0.2, 0.25) is 10.0 Å². The lowest BCUT2D eigenvalue weighted by atomic mass is 10.1. The molecule has 3 rings (SSSR count). The van der Waals surface area contributed by atoms with Crippen molar-refractivity contribution in [2.75, 3.05) is 18.4 Å². The average molecular weight is 378 g/mol. The SMILES string of the molecule is CC(Nc1ncc(C(=O)N2CCCCC2)cc1Cl)c1ccccc1Cl. The van der Waals surface area contributed by atoms with Gasteiger partial charge < -0.3 is 10.2 Å². The number of hydrogen-bond donors (Lipinski definition) is 1. The van der Waals surface area contributed by atoms with Gasteiger partial charge in [-0.15, -0.1) is 0 Å². The first-order valence-corrected chi connectivity index (χ1v) is 9.27. The first-order valence-electron chi connectivity index (χ1n) is 8.52. The second kappa shape index (κ2) is 8.07. The molecule has 132 valence electrons. The zero-order valence-electron chi connectivity index (χ0n) is 14.1. The standard InChI is InChI=1S/C19H21Cl2N3O/c1-13(15-7-3-4-8-16(15)20)23-18-17(21)11-14(12-22-18)19(25)24-9-5-2-6-10-24/h3-4,7-8,11-13H,2,5-6,9-10H2,1H3,(H,22,23). The second-order valence-corrected chi connectivity index (χ2v) is 7.11. The van der Waals surface area contributed by atoms with Crippen molar-refractivity contribution < 1.29 is 4.79 Å². The Labute approximate surface area is 158 Å². The molecule has 1 aromatic carbocycles. The lowest BCUT2D eigenvalue weighted by molar-refractivity contribution is 0.0724. The Morgan fingerprint density at radius 2 is 1.88 bits per heavy atom. The summed E-state index contributed by atoms with van der Waals surface area (Å²) in [5, 5.41) is 4.38. The number of piperidine rings is 1. The fraction of sp³-hybridized carbons (Fsp3) is 0.368. The molecule has 1 fully saturated rings. The molecule has 1 unspecified atom stereocenters. The van der Waals surface area contributed by atoms with E-state index in [1.165, 1.54) is 6.42 Å². The molecule has 2 aromatic rings. The Bertz CT molecular complexity index is 760.